The molecular weight excluding hydrogens is 496 g/mol. The van der Waals surface area contributed by atoms with Crippen LogP contribution in [0, 0.1) is 6.92 Å². The first-order valence-corrected chi connectivity index (χ1v) is 12.4. The van der Waals surface area contributed by atoms with Crippen molar-refractivity contribution in [2.75, 3.05) is 23.3 Å². The molecule has 194 valence electrons. The number of benzene rings is 2. The number of carboxylic acids is 1. The molecule has 37 heavy (non-hydrogen) atoms. The van der Waals surface area contributed by atoms with Crippen LogP contribution in [0.1, 0.15) is 42.0 Å². The normalized spacial score (nSPS) is 13.8. The maximum Gasteiger partial charge on any atom is 0.319 e. The van der Waals surface area contributed by atoms with Crippen LogP contribution in [0.3, 0.4) is 0 Å². The first-order chi connectivity index (χ1) is 17.7. The third-order valence-electron chi connectivity index (χ3n) is 6.40. The van der Waals surface area contributed by atoms with Crippen LogP contribution in [0.2, 0.25) is 5.02 Å². The maximum absolute atomic E-state index is 13.1. The van der Waals surface area contributed by atoms with Gasteiger partial charge in [0.05, 0.1) is 19.0 Å². The van der Waals surface area contributed by atoms with Crippen LogP contribution in [0.15, 0.2) is 59.5 Å². The van der Waals surface area contributed by atoms with Crippen molar-refractivity contribution < 1.29 is 19.8 Å². The van der Waals surface area contributed by atoms with Gasteiger partial charge in [0.15, 0.2) is 5.69 Å². The molecule has 0 bridgehead atoms. The van der Waals surface area contributed by atoms with Crippen molar-refractivity contribution in [2.24, 2.45) is 0 Å². The molecule has 1 saturated heterocycles. The number of hydrogen-bond donors (Lipinski definition) is 4. The molecule has 2 amide bonds. The number of aromatic nitrogens is 1. The molecule has 9 nitrogen and oxygen atoms in total. The monoisotopic (exact) mass is 524 g/mol. The lowest BCUT2D eigenvalue weighted by Crippen LogP contribution is -2.36. The number of aliphatic carboxylic acids is 1. The summed E-state index contributed by atoms with van der Waals surface area (Å²) in [5.74, 6) is -1.45. The number of hydrogen-bond acceptors (Lipinski definition) is 5. The van der Waals surface area contributed by atoms with Crippen molar-refractivity contribution in [3.8, 4) is 5.75 Å². The van der Waals surface area contributed by atoms with E-state index in [1.165, 1.54) is 10.8 Å². The first kappa shape index (κ1) is 26.1. The summed E-state index contributed by atoms with van der Waals surface area (Å²) in [6.45, 7) is 3.60. The number of nitrogens with zero attached hydrogens (tertiary/aromatic N) is 2. The highest BCUT2D eigenvalue weighted by Gasteiger charge is 2.22. The van der Waals surface area contributed by atoms with Crippen LogP contribution in [0.25, 0.3) is 0 Å². The molecule has 1 atom stereocenters. The average Bonchev–Trinajstić information content (AvgIpc) is 3.41. The lowest BCUT2D eigenvalue weighted by atomic mass is 10.0. The van der Waals surface area contributed by atoms with Crippen LogP contribution < -0.4 is 21.1 Å². The van der Waals surface area contributed by atoms with Crippen LogP contribution in [-0.2, 0) is 11.3 Å². The Labute approximate surface area is 219 Å². The summed E-state index contributed by atoms with van der Waals surface area (Å²) in [7, 11) is 0. The van der Waals surface area contributed by atoms with Gasteiger partial charge >= 0.3 is 12.0 Å². The molecule has 10 heteroatoms. The number of pyridine rings is 1. The first-order valence-electron chi connectivity index (χ1n) is 12.0. The quantitative estimate of drug-likeness (QED) is 0.344. The molecule has 0 saturated carbocycles. The summed E-state index contributed by atoms with van der Waals surface area (Å²) < 4.78 is 1.35. The van der Waals surface area contributed by atoms with Gasteiger partial charge in [0, 0.05) is 35.6 Å². The largest absolute Gasteiger partial charge is 0.505 e. The number of rotatable bonds is 8. The minimum Gasteiger partial charge on any atom is -0.505 e. The Balaban J connectivity index is 1.57. The Morgan fingerprint density at radius 2 is 1.84 bits per heavy atom. The second-order valence-electron chi connectivity index (χ2n) is 9.10. The number of carbonyl (C=O) groups excluding carboxylic acids is 1. The lowest BCUT2D eigenvalue weighted by molar-refractivity contribution is -0.137. The van der Waals surface area contributed by atoms with E-state index in [0.29, 0.717) is 21.7 Å². The summed E-state index contributed by atoms with van der Waals surface area (Å²) in [5, 5.41) is 25.6. The molecule has 3 aromatic rings. The van der Waals surface area contributed by atoms with E-state index in [4.69, 9.17) is 11.6 Å². The van der Waals surface area contributed by atoms with E-state index >= 15 is 0 Å². The van der Waals surface area contributed by atoms with Crippen molar-refractivity contribution >= 4 is 35.0 Å². The summed E-state index contributed by atoms with van der Waals surface area (Å²) in [5.41, 5.74) is 1.75. The van der Waals surface area contributed by atoms with Crippen LogP contribution in [-0.4, -0.2) is 39.9 Å². The zero-order valence-electron chi connectivity index (χ0n) is 20.4. The molecule has 1 aliphatic rings. The molecule has 4 rings (SSSR count). The maximum atomic E-state index is 13.1. The van der Waals surface area contributed by atoms with Crippen molar-refractivity contribution in [3.05, 3.63) is 86.8 Å². The number of urea groups is 1. The summed E-state index contributed by atoms with van der Waals surface area (Å²) in [6, 6.07) is 12.8. The number of halogens is 1. The predicted molar refractivity (Wildman–Crippen MR) is 143 cm³/mol. The molecule has 1 fully saturated rings. The van der Waals surface area contributed by atoms with Gasteiger partial charge in [0.1, 0.15) is 5.75 Å². The van der Waals surface area contributed by atoms with E-state index in [2.05, 4.69) is 15.5 Å². The SMILES string of the molecule is Cc1cn(Cc2ccccc2Cl)c(=O)c(NC(=O)NC(CC(=O)O)c2cccc(N3CCCC3)c2)c1O. The molecule has 0 spiro atoms. The third kappa shape index (κ3) is 6.24. The molecule has 0 aliphatic carbocycles. The molecule has 4 N–H and O–H groups in total. The van der Waals surface area contributed by atoms with Crippen LogP contribution in [0.4, 0.5) is 16.2 Å². The van der Waals surface area contributed by atoms with Gasteiger partial charge in [-0.15, -0.1) is 0 Å². The van der Waals surface area contributed by atoms with Gasteiger partial charge in [-0.1, -0.05) is 41.9 Å². The van der Waals surface area contributed by atoms with E-state index in [1.807, 2.05) is 18.2 Å². The summed E-state index contributed by atoms with van der Waals surface area (Å²) in [4.78, 5) is 39.9. The second kappa shape index (κ2) is 11.4. The fourth-order valence-corrected chi connectivity index (χ4v) is 4.68. The minimum atomic E-state index is -1.09. The Hall–Kier alpha value is -3.98. The molecule has 2 aromatic carbocycles. The van der Waals surface area contributed by atoms with E-state index in [9.17, 15) is 24.6 Å². The molecule has 1 unspecified atom stereocenters. The van der Waals surface area contributed by atoms with Crippen LogP contribution in [0.5, 0.6) is 5.75 Å². The molecule has 1 aromatic heterocycles. The molecule has 1 aliphatic heterocycles. The van der Waals surface area contributed by atoms with E-state index in [-0.39, 0.29) is 24.4 Å². The fourth-order valence-electron chi connectivity index (χ4n) is 4.48. The van der Waals surface area contributed by atoms with Gasteiger partial charge in [-0.2, -0.15) is 0 Å². The van der Waals surface area contributed by atoms with Gasteiger partial charge in [0.25, 0.3) is 5.56 Å². The Kier molecular flexibility index (Phi) is 8.03. The van der Waals surface area contributed by atoms with Gasteiger partial charge < -0.3 is 30.3 Å². The predicted octanol–water partition coefficient (Wildman–Crippen LogP) is 4.50. The number of carboxylic acid groups (broad SMARTS) is 1. The standard InChI is InChI=1S/C27H29ClN4O5/c1-17-15-32(16-19-7-2-3-10-21(19)28)26(36)24(25(17)35)30-27(37)29-22(14-23(33)34)18-8-6-9-20(13-18)31-11-4-5-12-31/h2-3,6-10,13,15,22,35H,4-5,11-12,14,16H2,1H3,(H,33,34)(H2,29,30,37). The van der Waals surface area contributed by atoms with Crippen molar-refractivity contribution in [1.29, 1.82) is 0 Å². The number of carbonyl (C=O) groups is 2. The molecule has 0 radical (unpaired) electrons. The Morgan fingerprint density at radius 1 is 1.11 bits per heavy atom. The van der Waals surface area contributed by atoms with Crippen LogP contribution >= 0.6 is 11.6 Å². The van der Waals surface area contributed by atoms with Gasteiger partial charge in [-0.25, -0.2) is 4.79 Å². The van der Waals surface area contributed by atoms with E-state index in [1.54, 1.807) is 37.3 Å². The summed E-state index contributed by atoms with van der Waals surface area (Å²) >= 11 is 6.24. The second-order valence-corrected chi connectivity index (χ2v) is 9.51. The topological polar surface area (TPSA) is 124 Å². The zero-order chi connectivity index (χ0) is 26.5. The fraction of sp³-hybridized carbons (Fsp3) is 0.296. The zero-order valence-corrected chi connectivity index (χ0v) is 21.2. The van der Waals surface area contributed by atoms with E-state index < -0.39 is 23.6 Å². The minimum absolute atomic E-state index is 0.140. The summed E-state index contributed by atoms with van der Waals surface area (Å²) in [6.07, 6.45) is 3.32. The van der Waals surface area contributed by atoms with Gasteiger partial charge in [0.2, 0.25) is 0 Å². The molecule has 2 heterocycles. The van der Waals surface area contributed by atoms with Crippen molar-refractivity contribution in [3.63, 3.8) is 0 Å². The smallest absolute Gasteiger partial charge is 0.319 e. The average molecular weight is 525 g/mol. The highest BCUT2D eigenvalue weighted by molar-refractivity contribution is 6.31. The third-order valence-corrected chi connectivity index (χ3v) is 6.77. The van der Waals surface area contributed by atoms with Gasteiger partial charge in [-0.05, 0) is 49.1 Å². The highest BCUT2D eigenvalue weighted by atomic mass is 35.5. The van der Waals surface area contributed by atoms with Crippen molar-refractivity contribution in [1.82, 2.24) is 9.88 Å². The van der Waals surface area contributed by atoms with E-state index in [0.717, 1.165) is 31.6 Å². The number of aryl methyl sites for hydroxylation is 1. The highest BCUT2D eigenvalue weighted by Crippen LogP contribution is 2.27. The van der Waals surface area contributed by atoms with Gasteiger partial charge in [-0.3, -0.25) is 9.59 Å². The van der Waals surface area contributed by atoms with Crippen molar-refractivity contribution in [2.45, 2.75) is 38.8 Å². The Morgan fingerprint density at radius 3 is 2.54 bits per heavy atom. The number of anilines is 2. The number of nitrogens with one attached hydrogen (secondary N) is 2. The number of amides is 2. The lowest BCUT2D eigenvalue weighted by Gasteiger charge is -2.22. The Bertz CT molecular complexity index is 1370. The number of aromatic hydroxyl groups is 1. The molecular formula is C27H29ClN4O5.